The summed E-state index contributed by atoms with van der Waals surface area (Å²) in [7, 11) is -3.49. The molecule has 0 aliphatic carbocycles. The predicted octanol–water partition coefficient (Wildman–Crippen LogP) is 2.04. The van der Waals surface area contributed by atoms with Crippen molar-refractivity contribution >= 4 is 10.0 Å². The van der Waals surface area contributed by atoms with Crippen LogP contribution in [-0.2, 0) is 14.8 Å². The molecule has 0 bridgehead atoms. The third-order valence-electron chi connectivity index (χ3n) is 2.61. The van der Waals surface area contributed by atoms with E-state index in [0.717, 1.165) is 12.8 Å². The molecular formula is C14H20N2O3S. The third-order valence-corrected chi connectivity index (χ3v) is 4.09. The molecule has 0 saturated heterocycles. The van der Waals surface area contributed by atoms with Gasteiger partial charge in [0.2, 0.25) is 10.0 Å². The Labute approximate surface area is 120 Å². The van der Waals surface area contributed by atoms with Crippen LogP contribution in [0.1, 0.15) is 32.3 Å². The summed E-state index contributed by atoms with van der Waals surface area (Å²) in [6, 6.07) is 7.80. The quantitative estimate of drug-likeness (QED) is 0.745. The zero-order chi connectivity index (χ0) is 15.0. The van der Waals surface area contributed by atoms with Gasteiger partial charge in [-0.25, -0.2) is 13.1 Å². The lowest BCUT2D eigenvalue weighted by molar-refractivity contribution is 0.0762. The number of benzene rings is 1. The number of hydrogen-bond donors (Lipinski definition) is 1. The molecule has 0 atom stereocenters. The Hall–Kier alpha value is -1.42. The van der Waals surface area contributed by atoms with Crippen LogP contribution in [0.25, 0.3) is 0 Å². The van der Waals surface area contributed by atoms with Crippen LogP contribution in [-0.4, -0.2) is 27.7 Å². The van der Waals surface area contributed by atoms with Crippen LogP contribution in [0.3, 0.4) is 0 Å². The molecule has 0 fully saturated rings. The largest absolute Gasteiger partial charge is 0.379 e. The van der Waals surface area contributed by atoms with Gasteiger partial charge in [0.25, 0.3) is 0 Å². The molecule has 0 unspecified atom stereocenters. The number of hydrogen-bond acceptors (Lipinski definition) is 4. The van der Waals surface area contributed by atoms with Gasteiger partial charge in [0.1, 0.15) is 0 Å². The second-order valence-electron chi connectivity index (χ2n) is 4.66. The molecule has 5 nitrogen and oxygen atoms in total. The standard InChI is InChI=1S/C14H20N2O3S/c1-12(2)19-10-4-3-9-16-20(17,18)14-7-5-13(11-15)6-8-14/h5-8,12,16H,3-4,9-10H2,1-2H3. The number of nitrogens with one attached hydrogen (secondary N) is 1. The normalized spacial score (nSPS) is 11.5. The molecule has 0 spiro atoms. The highest BCUT2D eigenvalue weighted by molar-refractivity contribution is 7.89. The summed E-state index contributed by atoms with van der Waals surface area (Å²) < 4.78 is 31.8. The van der Waals surface area contributed by atoms with E-state index in [0.29, 0.717) is 18.7 Å². The minimum absolute atomic E-state index is 0.176. The smallest absolute Gasteiger partial charge is 0.240 e. The molecule has 0 aliphatic heterocycles. The molecule has 20 heavy (non-hydrogen) atoms. The number of nitrogens with zero attached hydrogens (tertiary/aromatic N) is 1. The van der Waals surface area contributed by atoms with Crippen LogP contribution in [0.4, 0.5) is 0 Å². The van der Waals surface area contributed by atoms with E-state index in [1.165, 1.54) is 24.3 Å². The number of unbranched alkanes of at least 4 members (excludes halogenated alkanes) is 1. The van der Waals surface area contributed by atoms with Gasteiger partial charge in [0.05, 0.1) is 22.6 Å². The molecule has 1 N–H and O–H groups in total. The highest BCUT2D eigenvalue weighted by Crippen LogP contribution is 2.09. The molecule has 6 heteroatoms. The van der Waals surface area contributed by atoms with Crippen molar-refractivity contribution in [3.05, 3.63) is 29.8 Å². The molecule has 0 aromatic heterocycles. The summed E-state index contributed by atoms with van der Waals surface area (Å²) in [4.78, 5) is 0.176. The molecule has 1 aromatic carbocycles. The maximum atomic E-state index is 11.9. The monoisotopic (exact) mass is 296 g/mol. The van der Waals surface area contributed by atoms with Crippen molar-refractivity contribution in [1.82, 2.24) is 4.72 Å². The molecule has 0 amide bonds. The molecule has 0 heterocycles. The van der Waals surface area contributed by atoms with Crippen molar-refractivity contribution < 1.29 is 13.2 Å². The van der Waals surface area contributed by atoms with Crippen LogP contribution in [0, 0.1) is 11.3 Å². The number of ether oxygens (including phenoxy) is 1. The van der Waals surface area contributed by atoms with E-state index in [1.807, 2.05) is 19.9 Å². The summed E-state index contributed by atoms with van der Waals surface area (Å²) in [5.74, 6) is 0. The third kappa shape index (κ3) is 5.70. The van der Waals surface area contributed by atoms with Crippen molar-refractivity contribution in [1.29, 1.82) is 5.26 Å². The Morgan fingerprint density at radius 1 is 1.25 bits per heavy atom. The van der Waals surface area contributed by atoms with Gasteiger partial charge in [-0.2, -0.15) is 5.26 Å². The van der Waals surface area contributed by atoms with E-state index >= 15 is 0 Å². The van der Waals surface area contributed by atoms with E-state index in [-0.39, 0.29) is 11.0 Å². The van der Waals surface area contributed by atoms with Crippen LogP contribution < -0.4 is 4.72 Å². The van der Waals surface area contributed by atoms with E-state index in [4.69, 9.17) is 10.00 Å². The Morgan fingerprint density at radius 2 is 1.90 bits per heavy atom. The first-order chi connectivity index (χ1) is 9.45. The molecule has 1 aromatic rings. The van der Waals surface area contributed by atoms with E-state index in [2.05, 4.69) is 4.72 Å². The topological polar surface area (TPSA) is 79.2 Å². The lowest BCUT2D eigenvalue weighted by atomic mass is 10.2. The van der Waals surface area contributed by atoms with E-state index in [1.54, 1.807) is 0 Å². The lowest BCUT2D eigenvalue weighted by Gasteiger charge is -2.08. The van der Waals surface area contributed by atoms with Crippen molar-refractivity contribution in [2.75, 3.05) is 13.2 Å². The summed E-state index contributed by atoms with van der Waals surface area (Å²) in [6.45, 7) is 4.95. The van der Waals surface area contributed by atoms with Crippen LogP contribution in [0.2, 0.25) is 0 Å². The average molecular weight is 296 g/mol. The van der Waals surface area contributed by atoms with Gasteiger partial charge >= 0.3 is 0 Å². The summed E-state index contributed by atoms with van der Waals surface area (Å²) in [5.41, 5.74) is 0.440. The number of nitriles is 1. The van der Waals surface area contributed by atoms with Gasteiger partial charge in [0, 0.05) is 13.2 Å². The zero-order valence-corrected chi connectivity index (χ0v) is 12.6. The maximum absolute atomic E-state index is 11.9. The van der Waals surface area contributed by atoms with Gasteiger partial charge in [-0.05, 0) is 51.0 Å². The summed E-state index contributed by atoms with van der Waals surface area (Å²) in [6.07, 6.45) is 1.74. The summed E-state index contributed by atoms with van der Waals surface area (Å²) in [5, 5.41) is 8.67. The molecule has 0 aliphatic rings. The molecular weight excluding hydrogens is 276 g/mol. The fraction of sp³-hybridized carbons (Fsp3) is 0.500. The van der Waals surface area contributed by atoms with Gasteiger partial charge in [-0.3, -0.25) is 0 Å². The molecule has 1 rings (SSSR count). The van der Waals surface area contributed by atoms with E-state index in [9.17, 15) is 8.42 Å². The van der Waals surface area contributed by atoms with Crippen molar-refractivity contribution in [3.8, 4) is 6.07 Å². The fourth-order valence-corrected chi connectivity index (χ4v) is 2.62. The van der Waals surface area contributed by atoms with E-state index < -0.39 is 10.0 Å². The van der Waals surface area contributed by atoms with Crippen LogP contribution >= 0.6 is 0 Å². The summed E-state index contributed by atoms with van der Waals surface area (Å²) >= 11 is 0. The second-order valence-corrected chi connectivity index (χ2v) is 6.43. The average Bonchev–Trinajstić information content (AvgIpc) is 2.42. The SMILES string of the molecule is CC(C)OCCCCNS(=O)(=O)c1ccc(C#N)cc1. The molecule has 110 valence electrons. The first kappa shape index (κ1) is 16.6. The lowest BCUT2D eigenvalue weighted by Crippen LogP contribution is -2.25. The predicted molar refractivity (Wildman–Crippen MR) is 76.7 cm³/mol. The Kier molecular flexibility index (Phi) is 6.65. The van der Waals surface area contributed by atoms with Gasteiger partial charge in [-0.1, -0.05) is 0 Å². The van der Waals surface area contributed by atoms with Crippen molar-refractivity contribution in [2.45, 2.75) is 37.7 Å². The molecule has 0 saturated carbocycles. The maximum Gasteiger partial charge on any atom is 0.240 e. The highest BCUT2D eigenvalue weighted by atomic mass is 32.2. The van der Waals surface area contributed by atoms with Gasteiger partial charge in [0.15, 0.2) is 0 Å². The van der Waals surface area contributed by atoms with Crippen LogP contribution in [0.15, 0.2) is 29.2 Å². The Bertz CT molecular complexity index is 545. The Balaban J connectivity index is 2.40. The molecule has 0 radical (unpaired) electrons. The minimum Gasteiger partial charge on any atom is -0.379 e. The minimum atomic E-state index is -3.49. The second kappa shape index (κ2) is 8.00. The van der Waals surface area contributed by atoms with Gasteiger partial charge in [-0.15, -0.1) is 0 Å². The number of rotatable bonds is 8. The first-order valence-electron chi connectivity index (χ1n) is 6.57. The highest BCUT2D eigenvalue weighted by Gasteiger charge is 2.12. The number of sulfonamides is 1. The fourth-order valence-electron chi connectivity index (χ4n) is 1.54. The van der Waals surface area contributed by atoms with Crippen molar-refractivity contribution in [3.63, 3.8) is 0 Å². The van der Waals surface area contributed by atoms with Crippen molar-refractivity contribution in [2.24, 2.45) is 0 Å². The van der Waals surface area contributed by atoms with Gasteiger partial charge < -0.3 is 4.74 Å². The Morgan fingerprint density at radius 3 is 2.45 bits per heavy atom. The zero-order valence-electron chi connectivity index (χ0n) is 11.8. The first-order valence-corrected chi connectivity index (χ1v) is 8.05. The van der Waals surface area contributed by atoms with Crippen LogP contribution in [0.5, 0.6) is 0 Å².